The van der Waals surface area contributed by atoms with Crippen molar-refractivity contribution >= 4 is 10.0 Å². The van der Waals surface area contributed by atoms with Crippen LogP contribution in [0, 0.1) is 5.92 Å². The highest BCUT2D eigenvalue weighted by atomic mass is 32.2. The first-order chi connectivity index (χ1) is 5.49. The van der Waals surface area contributed by atoms with Crippen LogP contribution in [-0.4, -0.2) is 41.6 Å². The van der Waals surface area contributed by atoms with Crippen LogP contribution >= 0.6 is 0 Å². The Morgan fingerprint density at radius 1 is 1.25 bits per heavy atom. The molecule has 0 saturated heterocycles. The summed E-state index contributed by atoms with van der Waals surface area (Å²) in [6.07, 6.45) is 0. The van der Waals surface area contributed by atoms with Crippen molar-refractivity contribution in [2.75, 3.05) is 33.2 Å². The van der Waals surface area contributed by atoms with Gasteiger partial charge < -0.3 is 9.47 Å². The lowest BCUT2D eigenvalue weighted by molar-refractivity contribution is 0.0945. The second kappa shape index (κ2) is 5.47. The first kappa shape index (κ1) is 11.8. The first-order valence-corrected chi connectivity index (χ1v) is 5.19. The van der Waals surface area contributed by atoms with E-state index in [-0.39, 0.29) is 11.7 Å². The van der Waals surface area contributed by atoms with E-state index in [1.807, 2.05) is 0 Å². The van der Waals surface area contributed by atoms with Gasteiger partial charge in [0.1, 0.15) is 0 Å². The summed E-state index contributed by atoms with van der Waals surface area (Å²) < 4.78 is 30.9. The zero-order chi connectivity index (χ0) is 9.61. The normalized spacial score (nSPS) is 12.3. The maximum absolute atomic E-state index is 10.7. The molecule has 0 aliphatic carbocycles. The van der Waals surface area contributed by atoms with Gasteiger partial charge in [-0.2, -0.15) is 0 Å². The Morgan fingerprint density at radius 2 is 1.67 bits per heavy atom. The van der Waals surface area contributed by atoms with Crippen molar-refractivity contribution in [1.29, 1.82) is 0 Å². The molecule has 0 bridgehead atoms. The second-order valence-corrected chi connectivity index (χ2v) is 4.27. The van der Waals surface area contributed by atoms with Crippen LogP contribution in [0.1, 0.15) is 0 Å². The second-order valence-electron chi connectivity index (χ2n) is 2.61. The van der Waals surface area contributed by atoms with Gasteiger partial charge in [-0.05, 0) is 0 Å². The van der Waals surface area contributed by atoms with Gasteiger partial charge in [-0.15, -0.1) is 0 Å². The third-order valence-electron chi connectivity index (χ3n) is 1.27. The summed E-state index contributed by atoms with van der Waals surface area (Å²) in [5.74, 6) is -0.288. The van der Waals surface area contributed by atoms with E-state index in [2.05, 4.69) is 0 Å². The van der Waals surface area contributed by atoms with Crippen LogP contribution in [0.3, 0.4) is 0 Å². The number of rotatable bonds is 6. The fourth-order valence-corrected chi connectivity index (χ4v) is 1.79. The van der Waals surface area contributed by atoms with E-state index in [0.29, 0.717) is 13.2 Å². The summed E-state index contributed by atoms with van der Waals surface area (Å²) >= 11 is 0. The molecule has 0 amide bonds. The van der Waals surface area contributed by atoms with Gasteiger partial charge in [-0.1, -0.05) is 0 Å². The Morgan fingerprint density at radius 3 is 1.92 bits per heavy atom. The van der Waals surface area contributed by atoms with Crippen LogP contribution in [0.15, 0.2) is 0 Å². The molecule has 0 aliphatic rings. The minimum atomic E-state index is -3.43. The van der Waals surface area contributed by atoms with Gasteiger partial charge in [-0.25, -0.2) is 13.6 Å². The summed E-state index contributed by atoms with van der Waals surface area (Å²) in [6.45, 7) is 0.675. The van der Waals surface area contributed by atoms with E-state index in [1.165, 1.54) is 14.2 Å². The minimum Gasteiger partial charge on any atom is -0.384 e. The van der Waals surface area contributed by atoms with Crippen molar-refractivity contribution in [2.45, 2.75) is 0 Å². The Bertz CT molecular complexity index is 196. The average Bonchev–Trinajstić information content (AvgIpc) is 1.84. The highest BCUT2D eigenvalue weighted by Crippen LogP contribution is 2.00. The number of ether oxygens (including phenoxy) is 2. The molecule has 0 heterocycles. The van der Waals surface area contributed by atoms with Crippen molar-refractivity contribution in [1.82, 2.24) is 0 Å². The molecule has 0 aromatic rings. The van der Waals surface area contributed by atoms with Crippen molar-refractivity contribution < 1.29 is 17.9 Å². The Labute approximate surface area is 72.9 Å². The van der Waals surface area contributed by atoms with E-state index >= 15 is 0 Å². The van der Waals surface area contributed by atoms with E-state index in [4.69, 9.17) is 14.6 Å². The average molecular weight is 197 g/mol. The quantitative estimate of drug-likeness (QED) is 0.603. The first-order valence-electron chi connectivity index (χ1n) is 3.48. The summed E-state index contributed by atoms with van der Waals surface area (Å²) in [4.78, 5) is 0. The topological polar surface area (TPSA) is 78.6 Å². The van der Waals surface area contributed by atoms with Crippen molar-refractivity contribution in [3.05, 3.63) is 0 Å². The molecule has 0 saturated carbocycles. The molecule has 2 N–H and O–H groups in total. The van der Waals surface area contributed by atoms with E-state index < -0.39 is 10.0 Å². The molecular weight excluding hydrogens is 182 g/mol. The van der Waals surface area contributed by atoms with Crippen LogP contribution in [0.25, 0.3) is 0 Å². The highest BCUT2D eigenvalue weighted by molar-refractivity contribution is 7.89. The predicted octanol–water partition coefficient (Wildman–Crippen LogP) is -0.816. The predicted molar refractivity (Wildman–Crippen MR) is 45.2 cm³/mol. The van der Waals surface area contributed by atoms with Crippen LogP contribution in [-0.2, 0) is 19.5 Å². The maximum atomic E-state index is 10.7. The molecule has 0 aromatic carbocycles. The number of hydrogen-bond donors (Lipinski definition) is 1. The molecule has 0 unspecified atom stereocenters. The molecule has 0 atom stereocenters. The zero-order valence-corrected chi connectivity index (χ0v) is 8.13. The number of hydrogen-bond acceptors (Lipinski definition) is 4. The number of methoxy groups -OCH3 is 2. The third kappa shape index (κ3) is 6.53. The van der Waals surface area contributed by atoms with Crippen molar-refractivity contribution in [3.8, 4) is 0 Å². The molecule has 0 rings (SSSR count). The van der Waals surface area contributed by atoms with Gasteiger partial charge in [0.15, 0.2) is 0 Å². The summed E-state index contributed by atoms with van der Waals surface area (Å²) in [5.41, 5.74) is 0. The third-order valence-corrected chi connectivity index (χ3v) is 2.21. The van der Waals surface area contributed by atoms with E-state index in [1.54, 1.807) is 0 Å². The van der Waals surface area contributed by atoms with Crippen LogP contribution < -0.4 is 5.14 Å². The summed E-state index contributed by atoms with van der Waals surface area (Å²) in [6, 6.07) is 0. The smallest absolute Gasteiger partial charge is 0.209 e. The molecule has 6 heteroatoms. The van der Waals surface area contributed by atoms with Gasteiger partial charge in [-0.3, -0.25) is 0 Å². The zero-order valence-electron chi connectivity index (χ0n) is 7.32. The summed E-state index contributed by atoms with van der Waals surface area (Å²) in [7, 11) is -0.416. The Kier molecular flexibility index (Phi) is 5.39. The Hall–Kier alpha value is -0.170. The fraction of sp³-hybridized carbons (Fsp3) is 1.00. The number of nitrogens with two attached hydrogens (primary N) is 1. The lowest BCUT2D eigenvalue weighted by atomic mass is 10.2. The SMILES string of the molecule is COCC(COC)CS(N)(=O)=O. The summed E-state index contributed by atoms with van der Waals surface area (Å²) in [5, 5.41) is 4.86. The maximum Gasteiger partial charge on any atom is 0.209 e. The van der Waals surface area contributed by atoms with Crippen molar-refractivity contribution in [3.63, 3.8) is 0 Å². The molecule has 0 fully saturated rings. The van der Waals surface area contributed by atoms with Gasteiger partial charge in [0.25, 0.3) is 0 Å². The lowest BCUT2D eigenvalue weighted by Crippen LogP contribution is -2.28. The lowest BCUT2D eigenvalue weighted by Gasteiger charge is -2.12. The van der Waals surface area contributed by atoms with Crippen molar-refractivity contribution in [2.24, 2.45) is 11.1 Å². The van der Waals surface area contributed by atoms with E-state index in [0.717, 1.165) is 0 Å². The van der Waals surface area contributed by atoms with E-state index in [9.17, 15) is 8.42 Å². The van der Waals surface area contributed by atoms with Gasteiger partial charge >= 0.3 is 0 Å². The standard InChI is InChI=1S/C6H15NO4S/c1-10-3-6(4-11-2)5-12(7,8)9/h6H,3-5H2,1-2H3,(H2,7,8,9). The molecule has 0 aromatic heterocycles. The molecule has 0 spiro atoms. The highest BCUT2D eigenvalue weighted by Gasteiger charge is 2.15. The fourth-order valence-electron chi connectivity index (χ4n) is 0.944. The number of primary sulfonamides is 1. The molecule has 0 aliphatic heterocycles. The van der Waals surface area contributed by atoms with Crippen LogP contribution in [0.5, 0.6) is 0 Å². The largest absolute Gasteiger partial charge is 0.384 e. The van der Waals surface area contributed by atoms with Crippen LogP contribution in [0.4, 0.5) is 0 Å². The molecule has 12 heavy (non-hydrogen) atoms. The Balaban J connectivity index is 3.95. The molecular formula is C6H15NO4S. The number of sulfonamides is 1. The van der Waals surface area contributed by atoms with Gasteiger partial charge in [0.2, 0.25) is 10.0 Å². The van der Waals surface area contributed by atoms with Gasteiger partial charge in [0, 0.05) is 20.1 Å². The molecule has 5 nitrogen and oxygen atoms in total. The van der Waals surface area contributed by atoms with Gasteiger partial charge in [0.05, 0.1) is 19.0 Å². The monoisotopic (exact) mass is 197 g/mol. The minimum absolute atomic E-state index is 0.103. The molecule has 0 radical (unpaired) electrons. The van der Waals surface area contributed by atoms with Crippen LogP contribution in [0.2, 0.25) is 0 Å². The molecule has 74 valence electrons.